The fraction of sp³-hybridized carbons (Fsp3) is 0.556. The number of anilines is 1. The molecule has 0 fully saturated rings. The molecule has 0 saturated carbocycles. The second-order valence-corrected chi connectivity index (χ2v) is 3.49. The summed E-state index contributed by atoms with van der Waals surface area (Å²) in [6.07, 6.45) is 0. The molecule has 0 unspecified atom stereocenters. The highest BCUT2D eigenvalue weighted by Crippen LogP contribution is 1.99. The monoisotopic (exact) mass is 181 g/mol. The van der Waals surface area contributed by atoms with E-state index in [1.165, 1.54) is 6.07 Å². The van der Waals surface area contributed by atoms with Crippen LogP contribution in [-0.2, 0) is 0 Å². The Morgan fingerprint density at radius 3 is 2.85 bits per heavy atom. The first kappa shape index (κ1) is 9.77. The van der Waals surface area contributed by atoms with Crippen molar-refractivity contribution >= 4 is 5.82 Å². The van der Waals surface area contributed by atoms with Crippen molar-refractivity contribution in [2.24, 2.45) is 5.92 Å². The van der Waals surface area contributed by atoms with Gasteiger partial charge in [-0.2, -0.15) is 0 Å². The van der Waals surface area contributed by atoms with Gasteiger partial charge in [-0.1, -0.05) is 13.8 Å². The Hall–Kier alpha value is -1.32. The molecule has 4 nitrogen and oxygen atoms in total. The van der Waals surface area contributed by atoms with E-state index in [-0.39, 0.29) is 5.56 Å². The number of hydrogen-bond acceptors (Lipinski definition) is 3. The second kappa shape index (κ2) is 4.07. The average molecular weight is 181 g/mol. The first-order valence-corrected chi connectivity index (χ1v) is 4.40. The van der Waals surface area contributed by atoms with Gasteiger partial charge in [0.1, 0.15) is 11.6 Å². The molecule has 72 valence electrons. The molecule has 4 heteroatoms. The van der Waals surface area contributed by atoms with Crippen LogP contribution in [0.25, 0.3) is 0 Å². The lowest BCUT2D eigenvalue weighted by atomic mass is 10.2. The molecule has 0 spiro atoms. The van der Waals surface area contributed by atoms with Crippen molar-refractivity contribution in [2.45, 2.75) is 20.8 Å². The first-order valence-electron chi connectivity index (χ1n) is 4.40. The maximum atomic E-state index is 11.0. The van der Waals surface area contributed by atoms with Gasteiger partial charge in [-0.3, -0.25) is 4.79 Å². The summed E-state index contributed by atoms with van der Waals surface area (Å²) in [5.41, 5.74) is -0.112. The van der Waals surface area contributed by atoms with Crippen LogP contribution in [0.5, 0.6) is 0 Å². The zero-order chi connectivity index (χ0) is 9.84. The van der Waals surface area contributed by atoms with E-state index in [2.05, 4.69) is 29.1 Å². The number of rotatable bonds is 3. The van der Waals surface area contributed by atoms with E-state index in [4.69, 9.17) is 0 Å². The van der Waals surface area contributed by atoms with Gasteiger partial charge in [0.15, 0.2) is 0 Å². The predicted molar refractivity (Wildman–Crippen MR) is 52.9 cm³/mol. The number of aryl methyl sites for hydroxylation is 1. The Labute approximate surface area is 77.4 Å². The van der Waals surface area contributed by atoms with E-state index in [0.717, 1.165) is 6.54 Å². The Morgan fingerprint density at radius 2 is 2.31 bits per heavy atom. The molecule has 0 saturated heterocycles. The highest BCUT2D eigenvalue weighted by molar-refractivity contribution is 5.32. The summed E-state index contributed by atoms with van der Waals surface area (Å²) in [7, 11) is 0. The van der Waals surface area contributed by atoms with Crippen LogP contribution in [0.3, 0.4) is 0 Å². The second-order valence-electron chi connectivity index (χ2n) is 3.49. The molecule has 1 aromatic rings. The number of nitrogens with zero attached hydrogens (tertiary/aromatic N) is 1. The van der Waals surface area contributed by atoms with Crippen molar-refractivity contribution in [3.63, 3.8) is 0 Å². The number of nitrogens with one attached hydrogen (secondary N) is 2. The number of H-pyrrole nitrogens is 1. The molecular weight excluding hydrogens is 166 g/mol. The van der Waals surface area contributed by atoms with Crippen molar-refractivity contribution in [3.05, 3.63) is 22.2 Å². The lowest BCUT2D eigenvalue weighted by Gasteiger charge is -2.07. The molecule has 13 heavy (non-hydrogen) atoms. The Morgan fingerprint density at radius 1 is 1.62 bits per heavy atom. The molecule has 0 aliphatic heterocycles. The van der Waals surface area contributed by atoms with Crippen LogP contribution in [0, 0.1) is 12.8 Å². The Balaban J connectivity index is 2.72. The minimum atomic E-state index is -0.112. The number of hydrogen-bond donors (Lipinski definition) is 2. The Bertz CT molecular complexity index is 330. The minimum Gasteiger partial charge on any atom is -0.370 e. The van der Waals surface area contributed by atoms with Gasteiger partial charge >= 0.3 is 0 Å². The van der Waals surface area contributed by atoms with Crippen molar-refractivity contribution in [2.75, 3.05) is 11.9 Å². The summed E-state index contributed by atoms with van der Waals surface area (Å²) < 4.78 is 0. The van der Waals surface area contributed by atoms with Crippen molar-refractivity contribution in [1.29, 1.82) is 0 Å². The van der Waals surface area contributed by atoms with Crippen molar-refractivity contribution in [1.82, 2.24) is 9.97 Å². The fourth-order valence-electron chi connectivity index (χ4n) is 0.979. The molecule has 0 aliphatic carbocycles. The van der Waals surface area contributed by atoms with E-state index in [0.29, 0.717) is 17.6 Å². The molecule has 0 radical (unpaired) electrons. The zero-order valence-electron chi connectivity index (χ0n) is 8.22. The molecule has 2 N–H and O–H groups in total. The van der Waals surface area contributed by atoms with Gasteiger partial charge in [0, 0.05) is 12.6 Å². The average Bonchev–Trinajstić information content (AvgIpc) is 1.99. The largest absolute Gasteiger partial charge is 0.370 e. The number of aromatic amines is 1. The lowest BCUT2D eigenvalue weighted by Crippen LogP contribution is -2.14. The van der Waals surface area contributed by atoms with Crippen LogP contribution in [0.4, 0.5) is 5.82 Å². The molecule has 1 heterocycles. The summed E-state index contributed by atoms with van der Waals surface area (Å²) in [5.74, 6) is 1.83. The van der Waals surface area contributed by atoms with Gasteiger partial charge in [-0.15, -0.1) is 0 Å². The van der Waals surface area contributed by atoms with E-state index in [9.17, 15) is 4.79 Å². The number of aromatic nitrogens is 2. The molecule has 0 aromatic carbocycles. The summed E-state index contributed by atoms with van der Waals surface area (Å²) in [6.45, 7) is 6.80. The summed E-state index contributed by atoms with van der Waals surface area (Å²) in [5, 5.41) is 3.09. The van der Waals surface area contributed by atoms with Crippen LogP contribution in [-0.4, -0.2) is 16.5 Å². The van der Waals surface area contributed by atoms with Gasteiger partial charge in [0.05, 0.1) is 0 Å². The molecule has 0 bridgehead atoms. The van der Waals surface area contributed by atoms with E-state index in [1.807, 2.05) is 0 Å². The van der Waals surface area contributed by atoms with Crippen LogP contribution >= 0.6 is 0 Å². The zero-order valence-corrected chi connectivity index (χ0v) is 8.22. The SMILES string of the molecule is Cc1nc(NCC(C)C)cc(=O)[nH]1. The highest BCUT2D eigenvalue weighted by Gasteiger charge is 1.98. The van der Waals surface area contributed by atoms with E-state index < -0.39 is 0 Å². The third kappa shape index (κ3) is 3.27. The van der Waals surface area contributed by atoms with E-state index >= 15 is 0 Å². The van der Waals surface area contributed by atoms with Crippen LogP contribution in [0.15, 0.2) is 10.9 Å². The topological polar surface area (TPSA) is 57.8 Å². The van der Waals surface area contributed by atoms with Gasteiger partial charge in [-0.25, -0.2) is 4.98 Å². The van der Waals surface area contributed by atoms with Crippen molar-refractivity contribution < 1.29 is 0 Å². The highest BCUT2D eigenvalue weighted by atomic mass is 16.1. The smallest absolute Gasteiger partial charge is 0.252 e. The summed E-state index contributed by atoms with van der Waals surface area (Å²) in [4.78, 5) is 17.8. The maximum absolute atomic E-state index is 11.0. The summed E-state index contributed by atoms with van der Waals surface area (Å²) >= 11 is 0. The lowest BCUT2D eigenvalue weighted by molar-refractivity contribution is 0.686. The fourth-order valence-corrected chi connectivity index (χ4v) is 0.979. The molecular formula is C9H15N3O. The third-order valence-electron chi connectivity index (χ3n) is 1.55. The van der Waals surface area contributed by atoms with E-state index in [1.54, 1.807) is 6.92 Å². The quantitative estimate of drug-likeness (QED) is 0.735. The standard InChI is InChI=1S/C9H15N3O/c1-6(2)5-10-8-4-9(13)12-7(3)11-8/h4,6H,5H2,1-3H3,(H2,10,11,12,13). The van der Waals surface area contributed by atoms with Gasteiger partial charge in [0.2, 0.25) is 0 Å². The molecule has 0 amide bonds. The normalized spacial score (nSPS) is 10.5. The van der Waals surface area contributed by atoms with Crippen LogP contribution in [0.2, 0.25) is 0 Å². The first-order chi connectivity index (χ1) is 6.08. The van der Waals surface area contributed by atoms with Crippen molar-refractivity contribution in [3.8, 4) is 0 Å². The maximum Gasteiger partial charge on any atom is 0.252 e. The van der Waals surface area contributed by atoms with Gasteiger partial charge in [0.25, 0.3) is 5.56 Å². The molecule has 1 aromatic heterocycles. The molecule has 1 rings (SSSR count). The molecule has 0 aliphatic rings. The third-order valence-corrected chi connectivity index (χ3v) is 1.55. The van der Waals surface area contributed by atoms with Crippen LogP contribution < -0.4 is 10.9 Å². The molecule has 0 atom stereocenters. The van der Waals surface area contributed by atoms with Gasteiger partial charge in [-0.05, 0) is 12.8 Å². The predicted octanol–water partition coefficient (Wildman–Crippen LogP) is 1.15. The Kier molecular flexibility index (Phi) is 3.06. The van der Waals surface area contributed by atoms with Crippen LogP contribution in [0.1, 0.15) is 19.7 Å². The minimum absolute atomic E-state index is 0.112. The summed E-state index contributed by atoms with van der Waals surface area (Å²) in [6, 6.07) is 1.47. The van der Waals surface area contributed by atoms with Gasteiger partial charge < -0.3 is 10.3 Å².